The summed E-state index contributed by atoms with van der Waals surface area (Å²) in [5, 5.41) is 2.92. The Morgan fingerprint density at radius 2 is 2.17 bits per heavy atom. The van der Waals surface area contributed by atoms with Gasteiger partial charge >= 0.3 is 12.1 Å². The van der Waals surface area contributed by atoms with Crippen molar-refractivity contribution in [2.45, 2.75) is 32.7 Å². The molecule has 0 aliphatic carbocycles. The number of carbonyl (C=O) groups excluding carboxylic acids is 1. The Bertz CT molecular complexity index is 282. The van der Waals surface area contributed by atoms with Crippen LogP contribution in [0.5, 0.6) is 0 Å². The average Bonchev–Trinajstić information content (AvgIpc) is 2.26. The molecule has 0 amide bonds. The smallest absolute Gasteiger partial charge is 0.438 e. The average molecular weight is 268 g/mol. The number of ether oxygens (including phenoxy) is 1. The third kappa shape index (κ3) is 4.81. The lowest BCUT2D eigenvalue weighted by molar-refractivity contribution is -0.213. The summed E-state index contributed by atoms with van der Waals surface area (Å²) in [4.78, 5) is 12.6. The Balaban J connectivity index is 2.51. The molecule has 0 spiro atoms. The molecule has 0 radical (unpaired) electrons. The van der Waals surface area contributed by atoms with Crippen LogP contribution in [0.15, 0.2) is 0 Å². The Morgan fingerprint density at radius 1 is 1.50 bits per heavy atom. The summed E-state index contributed by atoms with van der Waals surface area (Å²) < 4.78 is 40.9. The molecule has 1 saturated heterocycles. The van der Waals surface area contributed by atoms with E-state index in [1.807, 2.05) is 13.8 Å². The molecule has 1 atom stereocenters. The number of carbonyl (C=O) groups is 1. The normalized spacial score (nSPS) is 22.2. The maximum atomic E-state index is 12.1. The standard InChI is InChI=1S/C11H19F3N2O2/c1-8(2)3-5-16-6-4-15-7-9(16)18-10(17)11(12,13)14/h8-9,15H,3-7H2,1-2H3. The second-order valence-corrected chi connectivity index (χ2v) is 4.78. The largest absolute Gasteiger partial charge is 0.490 e. The maximum absolute atomic E-state index is 12.1. The van der Waals surface area contributed by atoms with Crippen molar-refractivity contribution in [3.05, 3.63) is 0 Å². The second kappa shape index (κ2) is 6.38. The molecule has 1 heterocycles. The van der Waals surface area contributed by atoms with E-state index in [0.717, 1.165) is 6.42 Å². The number of nitrogens with zero attached hydrogens (tertiary/aromatic N) is 1. The first-order valence-electron chi connectivity index (χ1n) is 6.03. The van der Waals surface area contributed by atoms with Gasteiger partial charge < -0.3 is 10.1 Å². The number of nitrogens with one attached hydrogen (secondary N) is 1. The van der Waals surface area contributed by atoms with Gasteiger partial charge in [-0.3, -0.25) is 4.90 Å². The zero-order chi connectivity index (χ0) is 13.8. The van der Waals surface area contributed by atoms with Crippen molar-refractivity contribution in [1.29, 1.82) is 0 Å². The van der Waals surface area contributed by atoms with Crippen molar-refractivity contribution >= 4 is 5.97 Å². The summed E-state index contributed by atoms with van der Waals surface area (Å²) in [6.45, 7) is 6.23. The third-order valence-electron chi connectivity index (χ3n) is 2.77. The Hall–Kier alpha value is -0.820. The molecule has 1 aliphatic heterocycles. The lowest BCUT2D eigenvalue weighted by atomic mass is 10.1. The summed E-state index contributed by atoms with van der Waals surface area (Å²) in [6, 6.07) is 0. The van der Waals surface area contributed by atoms with Crippen molar-refractivity contribution < 1.29 is 22.7 Å². The molecule has 1 rings (SSSR count). The van der Waals surface area contributed by atoms with Crippen molar-refractivity contribution in [3.8, 4) is 0 Å². The fourth-order valence-corrected chi connectivity index (χ4v) is 1.71. The zero-order valence-electron chi connectivity index (χ0n) is 10.6. The predicted octanol–water partition coefficient (Wildman–Crippen LogP) is 1.37. The van der Waals surface area contributed by atoms with Crippen LogP contribution in [0.4, 0.5) is 13.2 Å². The van der Waals surface area contributed by atoms with Crippen molar-refractivity contribution in [3.63, 3.8) is 0 Å². The van der Waals surface area contributed by atoms with Crippen LogP contribution < -0.4 is 5.32 Å². The maximum Gasteiger partial charge on any atom is 0.490 e. The van der Waals surface area contributed by atoms with E-state index >= 15 is 0 Å². The van der Waals surface area contributed by atoms with E-state index in [0.29, 0.717) is 25.6 Å². The predicted molar refractivity (Wildman–Crippen MR) is 59.8 cm³/mol. The first-order chi connectivity index (χ1) is 8.30. The van der Waals surface area contributed by atoms with E-state index in [-0.39, 0.29) is 6.54 Å². The molecule has 0 aromatic carbocycles. The van der Waals surface area contributed by atoms with Gasteiger partial charge in [-0.15, -0.1) is 0 Å². The zero-order valence-corrected chi connectivity index (χ0v) is 10.6. The Kier molecular flexibility index (Phi) is 5.40. The molecule has 1 fully saturated rings. The van der Waals surface area contributed by atoms with Gasteiger partial charge in [0.25, 0.3) is 0 Å². The molecule has 106 valence electrons. The van der Waals surface area contributed by atoms with E-state index in [9.17, 15) is 18.0 Å². The fraction of sp³-hybridized carbons (Fsp3) is 0.909. The van der Waals surface area contributed by atoms with Gasteiger partial charge in [0, 0.05) is 26.2 Å². The summed E-state index contributed by atoms with van der Waals surface area (Å²) in [7, 11) is 0. The second-order valence-electron chi connectivity index (χ2n) is 4.78. The first-order valence-corrected chi connectivity index (χ1v) is 6.03. The number of piperazine rings is 1. The van der Waals surface area contributed by atoms with Gasteiger partial charge in [-0.2, -0.15) is 13.2 Å². The van der Waals surface area contributed by atoms with Crippen molar-refractivity contribution in [1.82, 2.24) is 10.2 Å². The van der Waals surface area contributed by atoms with Crippen molar-refractivity contribution in [2.24, 2.45) is 5.92 Å². The summed E-state index contributed by atoms with van der Waals surface area (Å²) in [5.74, 6) is -1.66. The van der Waals surface area contributed by atoms with Crippen LogP contribution in [0.25, 0.3) is 0 Å². The van der Waals surface area contributed by atoms with Crippen LogP contribution in [0.3, 0.4) is 0 Å². The lowest BCUT2D eigenvalue weighted by Gasteiger charge is -2.35. The van der Waals surface area contributed by atoms with Gasteiger partial charge in [0.1, 0.15) is 0 Å². The molecule has 0 aromatic heterocycles. The van der Waals surface area contributed by atoms with E-state index in [4.69, 9.17) is 0 Å². The van der Waals surface area contributed by atoms with E-state index in [1.165, 1.54) is 0 Å². The van der Waals surface area contributed by atoms with Crippen LogP contribution in [0.1, 0.15) is 20.3 Å². The van der Waals surface area contributed by atoms with Gasteiger partial charge in [0.2, 0.25) is 0 Å². The molecule has 1 unspecified atom stereocenters. The van der Waals surface area contributed by atoms with Gasteiger partial charge in [-0.05, 0) is 12.3 Å². The molecule has 1 aliphatic rings. The Labute approximate surface area is 104 Å². The molecule has 0 bridgehead atoms. The summed E-state index contributed by atoms with van der Waals surface area (Å²) in [6.07, 6.45) is -4.90. The molecule has 7 heteroatoms. The highest BCUT2D eigenvalue weighted by Crippen LogP contribution is 2.19. The third-order valence-corrected chi connectivity index (χ3v) is 2.77. The SMILES string of the molecule is CC(C)CCN1CCNCC1OC(=O)C(F)(F)F. The van der Waals surface area contributed by atoms with Crippen LogP contribution >= 0.6 is 0 Å². The Morgan fingerprint density at radius 3 is 2.72 bits per heavy atom. The van der Waals surface area contributed by atoms with Gasteiger partial charge in [-0.25, -0.2) is 4.79 Å². The molecule has 4 nitrogen and oxygen atoms in total. The van der Waals surface area contributed by atoms with E-state index < -0.39 is 18.4 Å². The quantitative estimate of drug-likeness (QED) is 0.782. The van der Waals surface area contributed by atoms with Crippen LogP contribution in [-0.2, 0) is 9.53 Å². The van der Waals surface area contributed by atoms with Crippen LogP contribution in [0.2, 0.25) is 0 Å². The molecule has 18 heavy (non-hydrogen) atoms. The fourth-order valence-electron chi connectivity index (χ4n) is 1.71. The lowest BCUT2D eigenvalue weighted by Crippen LogP contribution is -2.54. The number of esters is 1. The molecule has 0 aromatic rings. The first kappa shape index (κ1) is 15.2. The number of rotatable bonds is 4. The van der Waals surface area contributed by atoms with Gasteiger partial charge in [-0.1, -0.05) is 13.8 Å². The minimum atomic E-state index is -4.93. The summed E-state index contributed by atoms with van der Waals surface area (Å²) in [5.41, 5.74) is 0. The highest BCUT2D eigenvalue weighted by Gasteiger charge is 2.43. The minimum Gasteiger partial charge on any atom is -0.438 e. The highest BCUT2D eigenvalue weighted by molar-refractivity contribution is 5.75. The van der Waals surface area contributed by atoms with Crippen molar-refractivity contribution in [2.75, 3.05) is 26.2 Å². The van der Waals surface area contributed by atoms with Gasteiger partial charge in [0.15, 0.2) is 6.23 Å². The number of hydrogen-bond donors (Lipinski definition) is 1. The molecular weight excluding hydrogens is 249 g/mol. The van der Waals surface area contributed by atoms with Gasteiger partial charge in [0.05, 0.1) is 0 Å². The van der Waals surface area contributed by atoms with E-state index in [1.54, 1.807) is 4.90 Å². The number of alkyl halides is 3. The number of hydrogen-bond acceptors (Lipinski definition) is 4. The van der Waals surface area contributed by atoms with Crippen LogP contribution in [0, 0.1) is 5.92 Å². The van der Waals surface area contributed by atoms with E-state index in [2.05, 4.69) is 10.1 Å². The number of halogens is 3. The topological polar surface area (TPSA) is 41.6 Å². The molecular formula is C11H19F3N2O2. The van der Waals surface area contributed by atoms with Crippen LogP contribution in [-0.4, -0.2) is 49.5 Å². The highest BCUT2D eigenvalue weighted by atomic mass is 19.4. The molecule has 1 N–H and O–H groups in total. The summed E-state index contributed by atoms with van der Waals surface area (Å²) >= 11 is 0. The minimum absolute atomic E-state index is 0.236. The molecule has 0 saturated carbocycles. The monoisotopic (exact) mass is 268 g/mol.